The van der Waals surface area contributed by atoms with Crippen LogP contribution in [-0.2, 0) is 42.9 Å². The van der Waals surface area contributed by atoms with Crippen LogP contribution in [0.1, 0.15) is 93.9 Å². The third-order valence-corrected chi connectivity index (χ3v) is 3.99. The van der Waals surface area contributed by atoms with Crippen LogP contribution in [0.15, 0.2) is 0 Å². The van der Waals surface area contributed by atoms with Crippen molar-refractivity contribution in [3.05, 3.63) is 0 Å². The molecule has 0 aromatic carbocycles. The molecule has 0 aromatic rings. The minimum atomic E-state index is -1.06. The summed E-state index contributed by atoms with van der Waals surface area (Å²) >= 11 is 0. The molecule has 0 bridgehead atoms. The number of carbonyl (C=O) groups is 4. The molecule has 2 atom stereocenters. The Balaban J connectivity index is 5.22. The van der Waals surface area contributed by atoms with Gasteiger partial charge in [-0.3, -0.25) is 9.59 Å². The number of hydrogen-bond acceptors (Lipinski definition) is 9. The maximum Gasteiger partial charge on any atom is 0.335 e. The first-order chi connectivity index (χ1) is 15.3. The van der Waals surface area contributed by atoms with Crippen LogP contribution in [0.2, 0.25) is 0 Å². The van der Waals surface area contributed by atoms with Crippen LogP contribution >= 0.6 is 0 Å². The van der Waals surface area contributed by atoms with Crippen molar-refractivity contribution in [3.8, 4) is 0 Å². The molecule has 192 valence electrons. The van der Waals surface area contributed by atoms with Crippen molar-refractivity contribution in [2.45, 2.75) is 131 Å². The molecule has 0 N–H and O–H groups in total. The molecule has 0 spiro atoms. The monoisotopic (exact) mass is 474 g/mol. The lowest BCUT2D eigenvalue weighted by atomic mass is 10.1. The fraction of sp³-hybridized carbons (Fsp3) is 0.833. The minimum Gasteiger partial charge on any atom is -0.463 e. The summed E-state index contributed by atoms with van der Waals surface area (Å²) in [6.45, 7) is 13.9. The molecule has 0 saturated carbocycles. The minimum absolute atomic E-state index is 0.106. The lowest BCUT2D eigenvalue weighted by Crippen LogP contribution is -2.38. The molecular weight excluding hydrogens is 432 g/mol. The van der Waals surface area contributed by atoms with Crippen molar-refractivity contribution in [2.24, 2.45) is 0 Å². The van der Waals surface area contributed by atoms with E-state index in [0.29, 0.717) is 12.8 Å². The van der Waals surface area contributed by atoms with E-state index in [1.54, 1.807) is 55.4 Å². The summed E-state index contributed by atoms with van der Waals surface area (Å²) in [5.74, 6) is -1.99. The van der Waals surface area contributed by atoms with Crippen LogP contribution in [0, 0.1) is 0 Å². The van der Waals surface area contributed by atoms with Gasteiger partial charge in [0.05, 0.1) is 24.4 Å². The molecule has 0 aliphatic heterocycles. The van der Waals surface area contributed by atoms with Gasteiger partial charge in [0, 0.05) is 12.8 Å². The number of rotatable bonds is 16. The van der Waals surface area contributed by atoms with E-state index in [9.17, 15) is 19.2 Å². The lowest BCUT2D eigenvalue weighted by molar-refractivity contribution is -0.178. The van der Waals surface area contributed by atoms with E-state index in [-0.39, 0.29) is 62.0 Å². The highest BCUT2D eigenvalue weighted by molar-refractivity contribution is 5.78. The molecule has 33 heavy (non-hydrogen) atoms. The van der Waals surface area contributed by atoms with E-state index in [1.165, 1.54) is 0 Å². The molecule has 2 unspecified atom stereocenters. The first-order valence-corrected chi connectivity index (χ1v) is 11.8. The normalized spacial score (nSPS) is 13.2. The second-order valence-corrected chi connectivity index (χ2v) is 8.95. The van der Waals surface area contributed by atoms with Crippen molar-refractivity contribution in [1.29, 1.82) is 0 Å². The average molecular weight is 475 g/mol. The van der Waals surface area contributed by atoms with E-state index < -0.39 is 24.1 Å². The Morgan fingerprint density at radius 1 is 0.515 bits per heavy atom. The molecule has 0 amide bonds. The van der Waals surface area contributed by atoms with Crippen LogP contribution in [0.3, 0.4) is 0 Å². The SMILES string of the molecule is CC(C)OC(=O)CCCC(OC(CCCC(=O)OC(C)C)C(=O)OC(C)C)C(=O)OC(C)C. The summed E-state index contributed by atoms with van der Waals surface area (Å²) in [5.41, 5.74) is 0. The fourth-order valence-electron chi connectivity index (χ4n) is 2.80. The van der Waals surface area contributed by atoms with Gasteiger partial charge in [0.15, 0.2) is 12.2 Å². The summed E-state index contributed by atoms with van der Waals surface area (Å²) in [6.07, 6.45) is -2.16. The smallest absolute Gasteiger partial charge is 0.335 e. The molecule has 9 nitrogen and oxygen atoms in total. The van der Waals surface area contributed by atoms with Crippen molar-refractivity contribution in [1.82, 2.24) is 0 Å². The van der Waals surface area contributed by atoms with Crippen LogP contribution in [0.4, 0.5) is 0 Å². The second-order valence-electron chi connectivity index (χ2n) is 8.95. The van der Waals surface area contributed by atoms with E-state index in [1.807, 2.05) is 0 Å². The van der Waals surface area contributed by atoms with E-state index in [0.717, 1.165) is 0 Å². The summed E-state index contributed by atoms with van der Waals surface area (Å²) in [5, 5.41) is 0. The zero-order valence-electron chi connectivity index (χ0n) is 21.4. The summed E-state index contributed by atoms with van der Waals surface area (Å²) in [7, 11) is 0. The molecule has 0 aliphatic rings. The van der Waals surface area contributed by atoms with Gasteiger partial charge in [0.25, 0.3) is 0 Å². The lowest BCUT2D eigenvalue weighted by Gasteiger charge is -2.24. The Kier molecular flexibility index (Phi) is 15.4. The number of esters is 4. The third-order valence-electron chi connectivity index (χ3n) is 3.99. The summed E-state index contributed by atoms with van der Waals surface area (Å²) in [4.78, 5) is 48.8. The predicted molar refractivity (Wildman–Crippen MR) is 121 cm³/mol. The molecule has 0 fully saturated rings. The van der Waals surface area contributed by atoms with Gasteiger partial charge in [-0.15, -0.1) is 0 Å². The van der Waals surface area contributed by atoms with Crippen molar-refractivity contribution in [2.75, 3.05) is 0 Å². The molecule has 0 rings (SSSR count). The largest absolute Gasteiger partial charge is 0.463 e. The molecule has 9 heteroatoms. The number of hydrogen-bond donors (Lipinski definition) is 0. The highest BCUT2D eigenvalue weighted by atomic mass is 16.6. The zero-order chi connectivity index (χ0) is 25.6. The van der Waals surface area contributed by atoms with Gasteiger partial charge < -0.3 is 23.7 Å². The van der Waals surface area contributed by atoms with Crippen molar-refractivity contribution < 1.29 is 42.9 Å². The maximum absolute atomic E-state index is 12.6. The van der Waals surface area contributed by atoms with Gasteiger partial charge in [-0.05, 0) is 81.1 Å². The standard InChI is InChI=1S/C24H42O9/c1-15(2)29-21(25)13-9-11-19(23(27)31-17(5)6)33-20(24(28)32-18(7)8)12-10-14-22(26)30-16(3)4/h15-20H,9-14H2,1-8H3. The van der Waals surface area contributed by atoms with E-state index >= 15 is 0 Å². The van der Waals surface area contributed by atoms with Crippen molar-refractivity contribution >= 4 is 23.9 Å². The van der Waals surface area contributed by atoms with Gasteiger partial charge >= 0.3 is 23.9 Å². The zero-order valence-corrected chi connectivity index (χ0v) is 21.4. The average Bonchev–Trinajstić information content (AvgIpc) is 2.63. The molecule has 0 saturated heterocycles. The van der Waals surface area contributed by atoms with Crippen LogP contribution < -0.4 is 0 Å². The summed E-state index contributed by atoms with van der Waals surface area (Å²) in [6, 6.07) is 0. The van der Waals surface area contributed by atoms with E-state index in [4.69, 9.17) is 23.7 Å². The fourth-order valence-corrected chi connectivity index (χ4v) is 2.80. The Hall–Kier alpha value is -2.16. The van der Waals surface area contributed by atoms with Gasteiger partial charge in [0.1, 0.15) is 0 Å². The second kappa shape index (κ2) is 16.5. The predicted octanol–water partition coefficient (Wildman–Crippen LogP) is 3.89. The van der Waals surface area contributed by atoms with Crippen LogP contribution in [0.5, 0.6) is 0 Å². The van der Waals surface area contributed by atoms with Gasteiger partial charge in [-0.2, -0.15) is 0 Å². The molecule has 0 aromatic heterocycles. The Bertz CT molecular complexity index is 559. The first kappa shape index (κ1) is 30.8. The highest BCUT2D eigenvalue weighted by Gasteiger charge is 2.31. The molecule has 0 aliphatic carbocycles. The molecular formula is C24H42O9. The van der Waals surface area contributed by atoms with E-state index in [2.05, 4.69) is 0 Å². The topological polar surface area (TPSA) is 114 Å². The van der Waals surface area contributed by atoms with Gasteiger partial charge in [-0.25, -0.2) is 9.59 Å². The summed E-state index contributed by atoms with van der Waals surface area (Å²) < 4.78 is 26.6. The molecule has 0 heterocycles. The Morgan fingerprint density at radius 2 is 0.818 bits per heavy atom. The van der Waals surface area contributed by atoms with Gasteiger partial charge in [-0.1, -0.05) is 0 Å². The quantitative estimate of drug-likeness (QED) is 0.243. The van der Waals surface area contributed by atoms with Crippen molar-refractivity contribution in [3.63, 3.8) is 0 Å². The van der Waals surface area contributed by atoms with Gasteiger partial charge in [0.2, 0.25) is 0 Å². The Morgan fingerprint density at radius 3 is 1.09 bits per heavy atom. The third kappa shape index (κ3) is 16.2. The first-order valence-electron chi connectivity index (χ1n) is 11.8. The van der Waals surface area contributed by atoms with Crippen LogP contribution in [-0.4, -0.2) is 60.5 Å². The Labute approximate surface area is 197 Å². The maximum atomic E-state index is 12.6. The highest BCUT2D eigenvalue weighted by Crippen LogP contribution is 2.17. The number of ether oxygens (including phenoxy) is 5. The van der Waals surface area contributed by atoms with Crippen LogP contribution in [0.25, 0.3) is 0 Å². The molecule has 0 radical (unpaired) electrons. The number of carbonyl (C=O) groups excluding carboxylic acids is 4.